The van der Waals surface area contributed by atoms with Gasteiger partial charge in [0.15, 0.2) is 0 Å². The average molecular weight is 537 g/mol. The van der Waals surface area contributed by atoms with Crippen LogP contribution in [0.1, 0.15) is 32.4 Å². The third-order valence-electron chi connectivity index (χ3n) is 6.80. The summed E-state index contributed by atoms with van der Waals surface area (Å²) in [5, 5.41) is 0.451. The number of fused-ring (bicyclic) bond motifs is 3. The molecule has 0 N–H and O–H groups in total. The summed E-state index contributed by atoms with van der Waals surface area (Å²) in [4.78, 5) is 55.9. The number of halogens is 2. The lowest BCUT2D eigenvalue weighted by atomic mass is 9.77. The number of benzene rings is 3. The first-order valence-electron chi connectivity index (χ1n) is 10.6. The minimum Gasteiger partial charge on any atom is -0.349 e. The van der Waals surface area contributed by atoms with Crippen molar-refractivity contribution >= 4 is 56.6 Å². The van der Waals surface area contributed by atoms with E-state index in [0.717, 1.165) is 9.37 Å². The van der Waals surface area contributed by atoms with E-state index in [9.17, 15) is 19.2 Å². The van der Waals surface area contributed by atoms with Crippen molar-refractivity contribution in [2.75, 3.05) is 4.90 Å². The van der Waals surface area contributed by atoms with E-state index in [1.807, 2.05) is 0 Å². The van der Waals surface area contributed by atoms with Crippen LogP contribution < -0.4 is 4.90 Å². The Kier molecular flexibility index (Phi) is 4.68. The lowest BCUT2D eigenvalue weighted by Crippen LogP contribution is -2.51. The Balaban J connectivity index is 1.54. The molecule has 2 amide bonds. The molecule has 0 unspecified atom stereocenters. The molecule has 3 aromatic rings. The first-order valence-corrected chi connectivity index (χ1v) is 11.8. The maximum absolute atomic E-state index is 13.8. The van der Waals surface area contributed by atoms with Gasteiger partial charge >= 0.3 is 0 Å². The van der Waals surface area contributed by atoms with Gasteiger partial charge in [0.25, 0.3) is 0 Å². The van der Waals surface area contributed by atoms with Crippen LogP contribution in [0.4, 0.5) is 5.69 Å². The van der Waals surface area contributed by atoms with Gasteiger partial charge in [-0.2, -0.15) is 0 Å². The average Bonchev–Trinajstić information content (AvgIpc) is 3.40. The van der Waals surface area contributed by atoms with Crippen molar-refractivity contribution in [1.29, 1.82) is 0 Å². The number of amides is 2. The maximum Gasteiger partial charge on any atom is 0.241 e. The maximum atomic E-state index is 13.8. The zero-order valence-corrected chi connectivity index (χ0v) is 19.7. The van der Waals surface area contributed by atoms with Crippen LogP contribution >= 0.6 is 27.5 Å². The molecule has 3 aromatic carbocycles. The molecule has 6 rings (SSSR count). The molecule has 34 heavy (non-hydrogen) atoms. The number of hydrogen-bond donors (Lipinski definition) is 0. The first kappa shape index (κ1) is 21.4. The molecule has 6 nitrogen and oxygen atoms in total. The van der Waals surface area contributed by atoms with Crippen molar-refractivity contribution in [1.82, 2.24) is 0 Å². The fourth-order valence-electron chi connectivity index (χ4n) is 5.32. The summed E-state index contributed by atoms with van der Waals surface area (Å²) >= 11 is 9.38. The van der Waals surface area contributed by atoms with E-state index < -0.39 is 46.9 Å². The number of imide groups is 1. The Labute approximate surface area is 207 Å². The van der Waals surface area contributed by atoms with Crippen molar-refractivity contribution in [3.05, 3.63) is 99.0 Å². The van der Waals surface area contributed by atoms with Crippen molar-refractivity contribution < 1.29 is 23.9 Å². The van der Waals surface area contributed by atoms with Crippen molar-refractivity contribution in [2.45, 2.75) is 11.7 Å². The van der Waals surface area contributed by atoms with E-state index in [4.69, 9.17) is 16.3 Å². The molecular formula is C26H15BrClNO5. The lowest BCUT2D eigenvalue weighted by Gasteiger charge is -2.27. The third kappa shape index (κ3) is 2.72. The third-order valence-corrected chi connectivity index (χ3v) is 7.58. The Morgan fingerprint density at radius 3 is 1.97 bits per heavy atom. The molecule has 3 aliphatic rings. The van der Waals surface area contributed by atoms with Gasteiger partial charge in [0.1, 0.15) is 0 Å². The molecule has 0 bridgehead atoms. The van der Waals surface area contributed by atoms with Gasteiger partial charge in [-0.3, -0.25) is 19.2 Å². The zero-order chi connectivity index (χ0) is 23.8. The van der Waals surface area contributed by atoms with Crippen LogP contribution in [0.3, 0.4) is 0 Å². The van der Waals surface area contributed by atoms with Gasteiger partial charge in [0, 0.05) is 20.6 Å². The van der Waals surface area contributed by atoms with E-state index in [1.165, 1.54) is 0 Å². The number of ether oxygens (including phenoxy) is 1. The lowest BCUT2D eigenvalue weighted by molar-refractivity contribution is -0.127. The highest BCUT2D eigenvalue weighted by Crippen LogP contribution is 2.57. The molecule has 2 heterocycles. The second-order valence-corrected chi connectivity index (χ2v) is 9.87. The highest BCUT2D eigenvalue weighted by molar-refractivity contribution is 9.10. The van der Waals surface area contributed by atoms with Crippen LogP contribution in [0.15, 0.2) is 77.3 Å². The summed E-state index contributed by atoms with van der Waals surface area (Å²) in [5.74, 6) is -4.63. The van der Waals surface area contributed by atoms with Crippen LogP contribution in [0.5, 0.6) is 0 Å². The summed E-state index contributed by atoms with van der Waals surface area (Å²) < 4.78 is 7.07. The molecule has 168 valence electrons. The standard InChI is InChI=1S/C26H15BrClNO5/c27-14-7-5-13(6-8-14)21-19-20(25(33)29(24(19)32)16-11-9-15(28)10-12-16)26(34-21)22(30)17-3-1-2-4-18(17)23(26)31/h1-12,19-21H/t19-,20-,21-/m1/s1. The summed E-state index contributed by atoms with van der Waals surface area (Å²) in [6, 6.07) is 19.8. The van der Waals surface area contributed by atoms with Gasteiger partial charge in [-0.05, 0) is 42.0 Å². The largest absolute Gasteiger partial charge is 0.349 e. The first-order chi connectivity index (χ1) is 16.3. The second-order valence-electron chi connectivity index (χ2n) is 8.52. The minimum absolute atomic E-state index is 0.202. The molecule has 2 aliphatic heterocycles. The molecular weight excluding hydrogens is 522 g/mol. The molecule has 1 spiro atoms. The molecule has 0 aromatic heterocycles. The highest BCUT2D eigenvalue weighted by atomic mass is 79.9. The van der Waals surface area contributed by atoms with Gasteiger partial charge in [0.2, 0.25) is 29.0 Å². The fourth-order valence-corrected chi connectivity index (χ4v) is 5.71. The minimum atomic E-state index is -2.08. The topological polar surface area (TPSA) is 80.8 Å². The van der Waals surface area contributed by atoms with E-state index in [0.29, 0.717) is 16.3 Å². The Morgan fingerprint density at radius 2 is 1.38 bits per heavy atom. The van der Waals surface area contributed by atoms with Gasteiger partial charge in [-0.15, -0.1) is 0 Å². The molecule has 0 saturated carbocycles. The number of carbonyl (C=O) groups is 4. The van der Waals surface area contributed by atoms with Crippen molar-refractivity contribution in [3.63, 3.8) is 0 Å². The number of nitrogens with zero attached hydrogens (tertiary/aromatic N) is 1. The van der Waals surface area contributed by atoms with Crippen LogP contribution in [-0.4, -0.2) is 29.0 Å². The van der Waals surface area contributed by atoms with Crippen molar-refractivity contribution in [3.8, 4) is 0 Å². The van der Waals surface area contributed by atoms with Crippen LogP contribution in [-0.2, 0) is 14.3 Å². The molecule has 3 atom stereocenters. The Hall–Kier alpha value is -3.13. The number of hydrogen-bond acceptors (Lipinski definition) is 5. The normalized spacial score (nSPS) is 24.8. The summed E-state index contributed by atoms with van der Waals surface area (Å²) in [6.45, 7) is 0. The molecule has 0 radical (unpaired) electrons. The summed E-state index contributed by atoms with van der Waals surface area (Å²) in [7, 11) is 0. The van der Waals surface area contributed by atoms with Gasteiger partial charge < -0.3 is 4.74 Å². The van der Waals surface area contributed by atoms with Crippen LogP contribution in [0.2, 0.25) is 5.02 Å². The van der Waals surface area contributed by atoms with E-state index in [2.05, 4.69) is 15.9 Å². The monoisotopic (exact) mass is 535 g/mol. The number of anilines is 1. The number of rotatable bonds is 2. The Bertz CT molecular complexity index is 1370. The molecule has 1 aliphatic carbocycles. The zero-order valence-electron chi connectivity index (χ0n) is 17.4. The molecule has 2 saturated heterocycles. The predicted molar refractivity (Wildman–Crippen MR) is 127 cm³/mol. The van der Waals surface area contributed by atoms with Crippen molar-refractivity contribution in [2.24, 2.45) is 11.8 Å². The summed E-state index contributed by atoms with van der Waals surface area (Å²) in [6.07, 6.45) is -0.950. The number of ketones is 2. The van der Waals surface area contributed by atoms with E-state index in [1.54, 1.807) is 72.8 Å². The van der Waals surface area contributed by atoms with Gasteiger partial charge in [0.05, 0.1) is 23.6 Å². The predicted octanol–water partition coefficient (Wildman–Crippen LogP) is 4.80. The van der Waals surface area contributed by atoms with Crippen LogP contribution in [0, 0.1) is 11.8 Å². The second kappa shape index (κ2) is 7.43. The number of carbonyl (C=O) groups excluding carboxylic acids is 4. The van der Waals surface area contributed by atoms with E-state index in [-0.39, 0.29) is 11.1 Å². The smallest absolute Gasteiger partial charge is 0.241 e. The highest BCUT2D eigenvalue weighted by Gasteiger charge is 2.74. The number of Topliss-reactive ketones (excluding diaryl/α,β-unsaturated/α-hetero) is 2. The quantitative estimate of drug-likeness (QED) is 0.347. The molecule has 8 heteroatoms. The fraction of sp³-hybridized carbons (Fsp3) is 0.154. The van der Waals surface area contributed by atoms with Gasteiger partial charge in [-0.1, -0.05) is 63.9 Å². The van der Waals surface area contributed by atoms with Crippen LogP contribution in [0.25, 0.3) is 0 Å². The van der Waals surface area contributed by atoms with Gasteiger partial charge in [-0.25, -0.2) is 4.90 Å². The molecule has 2 fully saturated rings. The SMILES string of the molecule is O=C1[C@H]2[C@@H](c3ccc(Br)cc3)OC3(C(=O)c4ccccc4C3=O)[C@H]2C(=O)N1c1ccc(Cl)cc1. The van der Waals surface area contributed by atoms with E-state index >= 15 is 0 Å². The Morgan fingerprint density at radius 1 is 0.794 bits per heavy atom. The summed E-state index contributed by atoms with van der Waals surface area (Å²) in [5.41, 5.74) is -0.750.